The summed E-state index contributed by atoms with van der Waals surface area (Å²) in [5.74, 6) is 0.135. The lowest BCUT2D eigenvalue weighted by atomic mass is 10.1. The Morgan fingerprint density at radius 3 is 2.56 bits per heavy atom. The number of rotatable bonds is 6. The molecule has 0 aromatic heterocycles. The Kier molecular flexibility index (Phi) is 5.16. The molecule has 1 rings (SSSR count). The Morgan fingerprint density at radius 2 is 2.06 bits per heavy atom. The summed E-state index contributed by atoms with van der Waals surface area (Å²) in [6.45, 7) is 7.75. The van der Waals surface area contributed by atoms with Gasteiger partial charge >= 0.3 is 0 Å². The molecule has 0 spiro atoms. The van der Waals surface area contributed by atoms with Gasteiger partial charge in [-0.25, -0.2) is 0 Å². The van der Waals surface area contributed by atoms with Crippen molar-refractivity contribution in [3.63, 3.8) is 0 Å². The Hall–Kier alpha value is -1.55. The molecule has 0 fully saturated rings. The Morgan fingerprint density at radius 1 is 1.39 bits per heavy atom. The molecular weight excluding hydrogens is 226 g/mol. The summed E-state index contributed by atoms with van der Waals surface area (Å²) in [5, 5.41) is 0. The van der Waals surface area contributed by atoms with Gasteiger partial charge in [0.25, 0.3) is 0 Å². The van der Waals surface area contributed by atoms with Crippen LogP contribution >= 0.6 is 0 Å². The van der Waals surface area contributed by atoms with Crippen molar-refractivity contribution < 1.29 is 4.79 Å². The smallest absolute Gasteiger partial charge is 0.236 e. The minimum atomic E-state index is -0.320. The van der Waals surface area contributed by atoms with Gasteiger partial charge in [-0.3, -0.25) is 4.79 Å². The van der Waals surface area contributed by atoms with Crippen molar-refractivity contribution in [3.8, 4) is 0 Å². The number of nitrogens with zero attached hydrogens (tertiary/aromatic N) is 1. The molecule has 0 aliphatic carbocycles. The van der Waals surface area contributed by atoms with Gasteiger partial charge in [-0.1, -0.05) is 31.5 Å². The average molecular weight is 249 g/mol. The van der Waals surface area contributed by atoms with Crippen molar-refractivity contribution in [2.45, 2.75) is 27.3 Å². The molecule has 0 aliphatic heterocycles. The molecular formula is C14H23N3O. The molecule has 1 aromatic carbocycles. The molecule has 0 bridgehead atoms. The molecule has 0 heterocycles. The first-order chi connectivity index (χ1) is 8.43. The summed E-state index contributed by atoms with van der Waals surface area (Å²) < 4.78 is 0. The number of carbonyl (C=O) groups excluding carboxylic acids is 1. The van der Waals surface area contributed by atoms with Gasteiger partial charge < -0.3 is 16.4 Å². The van der Waals surface area contributed by atoms with Gasteiger partial charge in [-0.15, -0.1) is 0 Å². The topological polar surface area (TPSA) is 72.3 Å². The fourth-order valence-corrected chi connectivity index (χ4v) is 2.06. The van der Waals surface area contributed by atoms with Crippen molar-refractivity contribution in [2.24, 2.45) is 17.4 Å². The van der Waals surface area contributed by atoms with Crippen LogP contribution in [0.15, 0.2) is 18.2 Å². The Bertz CT molecular complexity index is 416. The van der Waals surface area contributed by atoms with Crippen LogP contribution in [0.1, 0.15) is 25.0 Å². The molecule has 100 valence electrons. The zero-order chi connectivity index (χ0) is 13.7. The SMILES string of the molecule is Cc1ccc(N(CC(N)=O)CC(C)C)c(CN)c1. The van der Waals surface area contributed by atoms with E-state index >= 15 is 0 Å². The maximum absolute atomic E-state index is 11.2. The van der Waals surface area contributed by atoms with E-state index in [1.54, 1.807) is 0 Å². The van der Waals surface area contributed by atoms with Crippen LogP contribution in [0.3, 0.4) is 0 Å². The Labute approximate surface area is 109 Å². The molecule has 1 aromatic rings. The summed E-state index contributed by atoms with van der Waals surface area (Å²) in [4.78, 5) is 13.2. The van der Waals surface area contributed by atoms with Crippen LogP contribution in [-0.4, -0.2) is 19.0 Å². The van der Waals surface area contributed by atoms with Gasteiger partial charge in [0.2, 0.25) is 5.91 Å². The van der Waals surface area contributed by atoms with E-state index in [0.29, 0.717) is 12.5 Å². The lowest BCUT2D eigenvalue weighted by Crippen LogP contribution is -2.37. The number of nitrogens with two attached hydrogens (primary N) is 2. The van der Waals surface area contributed by atoms with E-state index in [-0.39, 0.29) is 12.5 Å². The predicted octanol–water partition coefficient (Wildman–Crippen LogP) is 1.40. The number of hydrogen-bond acceptors (Lipinski definition) is 3. The zero-order valence-electron chi connectivity index (χ0n) is 11.4. The second-order valence-corrected chi connectivity index (χ2v) is 5.08. The number of carbonyl (C=O) groups is 1. The third-order valence-electron chi connectivity index (χ3n) is 2.73. The lowest BCUT2D eigenvalue weighted by molar-refractivity contribution is -0.116. The molecule has 0 atom stereocenters. The number of anilines is 1. The van der Waals surface area contributed by atoms with E-state index in [0.717, 1.165) is 17.8 Å². The average Bonchev–Trinajstić information content (AvgIpc) is 2.26. The summed E-state index contributed by atoms with van der Waals surface area (Å²) in [7, 11) is 0. The molecule has 0 saturated carbocycles. The first-order valence-corrected chi connectivity index (χ1v) is 6.27. The molecule has 4 heteroatoms. The second-order valence-electron chi connectivity index (χ2n) is 5.08. The maximum atomic E-state index is 11.2. The van der Waals surface area contributed by atoms with Gasteiger partial charge in [-0.2, -0.15) is 0 Å². The molecule has 0 unspecified atom stereocenters. The maximum Gasteiger partial charge on any atom is 0.236 e. The minimum Gasteiger partial charge on any atom is -0.368 e. The van der Waals surface area contributed by atoms with Crippen LogP contribution in [0.5, 0.6) is 0 Å². The zero-order valence-corrected chi connectivity index (χ0v) is 11.4. The van der Waals surface area contributed by atoms with E-state index in [1.807, 2.05) is 24.0 Å². The monoisotopic (exact) mass is 249 g/mol. The highest BCUT2D eigenvalue weighted by Gasteiger charge is 2.14. The third-order valence-corrected chi connectivity index (χ3v) is 2.73. The van der Waals surface area contributed by atoms with Gasteiger partial charge in [0.1, 0.15) is 0 Å². The fraction of sp³-hybridized carbons (Fsp3) is 0.500. The summed E-state index contributed by atoms with van der Waals surface area (Å²) in [6, 6.07) is 6.11. The molecule has 0 aliphatic rings. The first kappa shape index (κ1) is 14.5. The number of amides is 1. The lowest BCUT2D eigenvalue weighted by Gasteiger charge is -2.27. The normalized spacial score (nSPS) is 10.7. The number of hydrogen-bond donors (Lipinski definition) is 2. The molecule has 18 heavy (non-hydrogen) atoms. The predicted molar refractivity (Wildman–Crippen MR) is 75.3 cm³/mol. The van der Waals surface area contributed by atoms with E-state index < -0.39 is 0 Å². The molecule has 0 saturated heterocycles. The number of benzene rings is 1. The van der Waals surface area contributed by atoms with Gasteiger partial charge in [0.15, 0.2) is 0 Å². The third kappa shape index (κ3) is 4.04. The second kappa shape index (κ2) is 6.40. The van der Waals surface area contributed by atoms with E-state index in [1.165, 1.54) is 5.56 Å². The Balaban J connectivity index is 3.06. The molecule has 4 N–H and O–H groups in total. The molecule has 0 radical (unpaired) electrons. The van der Waals surface area contributed by atoms with E-state index in [4.69, 9.17) is 11.5 Å². The number of aryl methyl sites for hydroxylation is 1. The van der Waals surface area contributed by atoms with Crippen molar-refractivity contribution >= 4 is 11.6 Å². The highest BCUT2D eigenvalue weighted by atomic mass is 16.1. The van der Waals surface area contributed by atoms with Gasteiger partial charge in [0.05, 0.1) is 6.54 Å². The molecule has 1 amide bonds. The fourth-order valence-electron chi connectivity index (χ4n) is 2.06. The van der Waals surface area contributed by atoms with E-state index in [9.17, 15) is 4.79 Å². The number of primary amides is 1. The summed E-state index contributed by atoms with van der Waals surface area (Å²) in [5.41, 5.74) is 14.3. The minimum absolute atomic E-state index is 0.230. The van der Waals surface area contributed by atoms with Crippen LogP contribution in [-0.2, 0) is 11.3 Å². The van der Waals surface area contributed by atoms with Crippen molar-refractivity contribution in [1.82, 2.24) is 0 Å². The van der Waals surface area contributed by atoms with Crippen molar-refractivity contribution in [1.29, 1.82) is 0 Å². The van der Waals surface area contributed by atoms with Crippen molar-refractivity contribution in [2.75, 3.05) is 18.0 Å². The highest BCUT2D eigenvalue weighted by Crippen LogP contribution is 2.22. The largest absolute Gasteiger partial charge is 0.368 e. The molecule has 4 nitrogen and oxygen atoms in total. The van der Waals surface area contributed by atoms with Crippen LogP contribution < -0.4 is 16.4 Å². The van der Waals surface area contributed by atoms with Gasteiger partial charge in [-0.05, 0) is 24.5 Å². The highest BCUT2D eigenvalue weighted by molar-refractivity contribution is 5.80. The summed E-state index contributed by atoms with van der Waals surface area (Å²) in [6.07, 6.45) is 0. The van der Waals surface area contributed by atoms with E-state index in [2.05, 4.69) is 19.9 Å². The van der Waals surface area contributed by atoms with Crippen LogP contribution in [0.25, 0.3) is 0 Å². The first-order valence-electron chi connectivity index (χ1n) is 6.27. The van der Waals surface area contributed by atoms with Crippen LogP contribution in [0.4, 0.5) is 5.69 Å². The van der Waals surface area contributed by atoms with Crippen molar-refractivity contribution in [3.05, 3.63) is 29.3 Å². The summed E-state index contributed by atoms with van der Waals surface area (Å²) >= 11 is 0. The van der Waals surface area contributed by atoms with Crippen LogP contribution in [0, 0.1) is 12.8 Å². The quantitative estimate of drug-likeness (QED) is 0.800. The van der Waals surface area contributed by atoms with Crippen LogP contribution in [0.2, 0.25) is 0 Å². The van der Waals surface area contributed by atoms with Gasteiger partial charge in [0, 0.05) is 18.8 Å². The standard InChI is InChI=1S/C14H23N3O/c1-10(2)8-17(9-14(16)18)13-5-4-11(3)6-12(13)7-15/h4-6,10H,7-9,15H2,1-3H3,(H2,16,18).